The van der Waals surface area contributed by atoms with E-state index >= 15 is 0 Å². The zero-order chi connectivity index (χ0) is 12.1. The SMILES string of the molecule is CC1(c2ncn[nH]2)OCCCC1SCCCCl. The van der Waals surface area contributed by atoms with E-state index in [2.05, 4.69) is 22.1 Å². The largest absolute Gasteiger partial charge is 0.366 e. The zero-order valence-electron chi connectivity index (χ0n) is 9.99. The van der Waals surface area contributed by atoms with Gasteiger partial charge in [0.15, 0.2) is 5.82 Å². The minimum Gasteiger partial charge on any atom is -0.366 e. The van der Waals surface area contributed by atoms with Gasteiger partial charge in [-0.1, -0.05) is 0 Å². The molecule has 0 spiro atoms. The molecule has 1 aliphatic heterocycles. The molecule has 2 heterocycles. The summed E-state index contributed by atoms with van der Waals surface area (Å²) in [6, 6.07) is 0. The summed E-state index contributed by atoms with van der Waals surface area (Å²) < 4.78 is 5.97. The molecule has 17 heavy (non-hydrogen) atoms. The number of rotatable bonds is 5. The van der Waals surface area contributed by atoms with Gasteiger partial charge in [0.2, 0.25) is 0 Å². The highest BCUT2D eigenvalue weighted by Crippen LogP contribution is 2.40. The molecule has 96 valence electrons. The maximum atomic E-state index is 5.97. The fourth-order valence-electron chi connectivity index (χ4n) is 2.11. The van der Waals surface area contributed by atoms with Gasteiger partial charge in [-0.2, -0.15) is 16.9 Å². The first kappa shape index (κ1) is 13.2. The van der Waals surface area contributed by atoms with E-state index in [-0.39, 0.29) is 5.60 Å². The summed E-state index contributed by atoms with van der Waals surface area (Å²) in [4.78, 5) is 4.26. The normalized spacial score (nSPS) is 29.4. The van der Waals surface area contributed by atoms with Crippen LogP contribution in [0, 0.1) is 0 Å². The fraction of sp³-hybridized carbons (Fsp3) is 0.818. The van der Waals surface area contributed by atoms with E-state index in [0.717, 1.165) is 43.3 Å². The van der Waals surface area contributed by atoms with Crippen LogP contribution in [0.2, 0.25) is 0 Å². The predicted octanol–water partition coefficient (Wildman–Crippen LogP) is 2.56. The first-order chi connectivity index (χ1) is 8.27. The van der Waals surface area contributed by atoms with E-state index in [4.69, 9.17) is 16.3 Å². The Kier molecular flexibility index (Phi) is 4.70. The lowest BCUT2D eigenvalue weighted by molar-refractivity contribution is -0.0702. The van der Waals surface area contributed by atoms with Gasteiger partial charge in [-0.25, -0.2) is 4.98 Å². The van der Waals surface area contributed by atoms with E-state index in [1.807, 2.05) is 11.8 Å². The molecule has 0 bridgehead atoms. The van der Waals surface area contributed by atoms with Crippen LogP contribution in [0.5, 0.6) is 0 Å². The maximum absolute atomic E-state index is 5.97. The lowest BCUT2D eigenvalue weighted by Gasteiger charge is -2.39. The van der Waals surface area contributed by atoms with E-state index in [0.29, 0.717) is 5.25 Å². The van der Waals surface area contributed by atoms with Gasteiger partial charge in [0, 0.05) is 17.7 Å². The molecule has 1 saturated heterocycles. The third kappa shape index (κ3) is 2.95. The highest BCUT2D eigenvalue weighted by Gasteiger charge is 2.42. The Morgan fingerprint density at radius 2 is 2.59 bits per heavy atom. The standard InChI is InChI=1S/C11H18ClN3OS/c1-11(10-13-8-14-15-10)9(4-2-6-16-11)17-7-3-5-12/h8-9H,2-7H2,1H3,(H,13,14,15). The quantitative estimate of drug-likeness (QED) is 0.663. The summed E-state index contributed by atoms with van der Waals surface area (Å²) in [5.74, 6) is 2.63. The van der Waals surface area contributed by atoms with Crippen LogP contribution in [0.1, 0.15) is 32.0 Å². The van der Waals surface area contributed by atoms with Crippen LogP contribution in [-0.2, 0) is 10.3 Å². The molecule has 2 rings (SSSR count). The van der Waals surface area contributed by atoms with Crippen molar-refractivity contribution in [2.24, 2.45) is 0 Å². The first-order valence-corrected chi connectivity index (χ1v) is 7.53. The molecule has 0 aromatic carbocycles. The minimum atomic E-state index is -0.342. The fourth-order valence-corrected chi connectivity index (χ4v) is 3.83. The monoisotopic (exact) mass is 275 g/mol. The van der Waals surface area contributed by atoms with E-state index in [1.54, 1.807) is 6.33 Å². The third-order valence-corrected chi connectivity index (χ3v) is 4.99. The number of aromatic amines is 1. The molecule has 0 aliphatic carbocycles. The van der Waals surface area contributed by atoms with Crippen molar-refractivity contribution < 1.29 is 4.74 Å². The number of aromatic nitrogens is 3. The molecule has 1 aromatic rings. The predicted molar refractivity (Wildman–Crippen MR) is 70.5 cm³/mol. The molecule has 4 nitrogen and oxygen atoms in total. The number of ether oxygens (including phenoxy) is 1. The molecule has 6 heteroatoms. The first-order valence-electron chi connectivity index (χ1n) is 5.94. The molecular weight excluding hydrogens is 258 g/mol. The molecule has 2 unspecified atom stereocenters. The Morgan fingerprint density at radius 1 is 1.71 bits per heavy atom. The Balaban J connectivity index is 2.05. The van der Waals surface area contributed by atoms with Crippen molar-refractivity contribution in [1.82, 2.24) is 15.2 Å². The highest BCUT2D eigenvalue weighted by atomic mass is 35.5. The van der Waals surface area contributed by atoms with Crippen molar-refractivity contribution in [3.63, 3.8) is 0 Å². The Hall–Kier alpha value is -0.260. The second-order valence-corrected chi connectivity index (χ2v) is 6.02. The summed E-state index contributed by atoms with van der Waals surface area (Å²) >= 11 is 7.65. The van der Waals surface area contributed by atoms with Crippen molar-refractivity contribution in [2.75, 3.05) is 18.2 Å². The number of H-pyrrole nitrogens is 1. The van der Waals surface area contributed by atoms with Crippen LogP contribution in [0.25, 0.3) is 0 Å². The summed E-state index contributed by atoms with van der Waals surface area (Å²) in [6.07, 6.45) is 4.85. The summed E-state index contributed by atoms with van der Waals surface area (Å²) in [5, 5.41) is 7.29. The van der Waals surface area contributed by atoms with Gasteiger partial charge in [-0.15, -0.1) is 11.6 Å². The second kappa shape index (κ2) is 6.07. The number of halogens is 1. The second-order valence-electron chi connectivity index (χ2n) is 4.33. The summed E-state index contributed by atoms with van der Waals surface area (Å²) in [6.45, 7) is 2.90. The zero-order valence-corrected chi connectivity index (χ0v) is 11.6. The summed E-state index contributed by atoms with van der Waals surface area (Å²) in [7, 11) is 0. The van der Waals surface area contributed by atoms with Gasteiger partial charge in [0.1, 0.15) is 11.9 Å². The molecule has 1 fully saturated rings. The highest BCUT2D eigenvalue weighted by molar-refractivity contribution is 7.99. The van der Waals surface area contributed by atoms with Crippen LogP contribution in [0.15, 0.2) is 6.33 Å². The van der Waals surface area contributed by atoms with Crippen LogP contribution < -0.4 is 0 Å². The minimum absolute atomic E-state index is 0.342. The van der Waals surface area contributed by atoms with Gasteiger partial charge in [0.05, 0.1) is 0 Å². The van der Waals surface area contributed by atoms with Crippen LogP contribution in [0.4, 0.5) is 0 Å². The number of nitrogens with one attached hydrogen (secondary N) is 1. The number of hydrogen-bond donors (Lipinski definition) is 1. The third-order valence-electron chi connectivity index (χ3n) is 3.11. The molecule has 1 N–H and O–H groups in total. The van der Waals surface area contributed by atoms with E-state index in [1.165, 1.54) is 0 Å². The van der Waals surface area contributed by atoms with Crippen molar-refractivity contribution in [3.8, 4) is 0 Å². The molecule has 0 radical (unpaired) electrons. The molecule has 2 atom stereocenters. The van der Waals surface area contributed by atoms with Gasteiger partial charge in [0.25, 0.3) is 0 Å². The van der Waals surface area contributed by atoms with Gasteiger partial charge < -0.3 is 4.74 Å². The molecular formula is C11H18ClN3OS. The number of hydrogen-bond acceptors (Lipinski definition) is 4. The molecule has 0 saturated carbocycles. The van der Waals surface area contributed by atoms with Crippen molar-refractivity contribution in [2.45, 2.75) is 37.0 Å². The lowest BCUT2D eigenvalue weighted by Crippen LogP contribution is -2.42. The average molecular weight is 276 g/mol. The van der Waals surface area contributed by atoms with Gasteiger partial charge >= 0.3 is 0 Å². The molecule has 1 aromatic heterocycles. The Bertz CT molecular complexity index is 335. The molecule has 0 amide bonds. The molecule has 1 aliphatic rings. The van der Waals surface area contributed by atoms with Crippen LogP contribution in [0.3, 0.4) is 0 Å². The number of thioether (sulfide) groups is 1. The lowest BCUT2D eigenvalue weighted by atomic mass is 9.94. The Morgan fingerprint density at radius 3 is 3.29 bits per heavy atom. The average Bonchev–Trinajstić information content (AvgIpc) is 2.86. The Labute approximate surface area is 111 Å². The smallest absolute Gasteiger partial charge is 0.157 e. The van der Waals surface area contributed by atoms with Crippen molar-refractivity contribution >= 4 is 23.4 Å². The van der Waals surface area contributed by atoms with Crippen molar-refractivity contribution in [3.05, 3.63) is 12.2 Å². The van der Waals surface area contributed by atoms with Crippen LogP contribution >= 0.6 is 23.4 Å². The number of alkyl halides is 1. The van der Waals surface area contributed by atoms with Crippen LogP contribution in [-0.4, -0.2) is 38.7 Å². The van der Waals surface area contributed by atoms with Gasteiger partial charge in [-0.05, 0) is 31.9 Å². The number of nitrogens with zero attached hydrogens (tertiary/aromatic N) is 2. The topological polar surface area (TPSA) is 50.8 Å². The maximum Gasteiger partial charge on any atom is 0.157 e. The van der Waals surface area contributed by atoms with Crippen molar-refractivity contribution in [1.29, 1.82) is 0 Å². The van der Waals surface area contributed by atoms with E-state index in [9.17, 15) is 0 Å². The van der Waals surface area contributed by atoms with Gasteiger partial charge in [-0.3, -0.25) is 5.10 Å². The summed E-state index contributed by atoms with van der Waals surface area (Å²) in [5.41, 5.74) is -0.342. The van der Waals surface area contributed by atoms with E-state index < -0.39 is 0 Å².